The average Bonchev–Trinajstić information content (AvgIpc) is 2.12. The maximum Gasteiger partial charge on any atom is 0.315 e. The Morgan fingerprint density at radius 3 is 2.67 bits per heavy atom. The molecule has 1 fully saturated rings. The van der Waals surface area contributed by atoms with E-state index in [9.17, 15) is 4.79 Å². The molecule has 0 bridgehead atoms. The average molecular weight is 212 g/mol. The smallest absolute Gasteiger partial charge is 0.315 e. The molecule has 2 N–H and O–H groups in total. The summed E-state index contributed by atoms with van der Waals surface area (Å²) in [4.78, 5) is 11.5. The molecule has 0 radical (unpaired) electrons. The quantitative estimate of drug-likeness (QED) is 0.653. The first-order chi connectivity index (χ1) is 7.22. The van der Waals surface area contributed by atoms with Crippen LogP contribution in [0.15, 0.2) is 0 Å². The van der Waals surface area contributed by atoms with Crippen molar-refractivity contribution in [3.05, 3.63) is 0 Å². The predicted octanol–water partition coefficient (Wildman–Crippen LogP) is 2.81. The Morgan fingerprint density at radius 2 is 2.13 bits per heavy atom. The number of urea groups is 1. The number of rotatable bonds is 6. The van der Waals surface area contributed by atoms with Crippen LogP contribution in [0.1, 0.15) is 58.8 Å². The standard InChI is InChI=1S/C12H24N2O/c1-3-4-5-7-10(2)13-12(15)14-11-8-6-9-11/h10-11H,3-9H2,1-2H3,(H2,13,14,15). The second kappa shape index (κ2) is 6.70. The monoisotopic (exact) mass is 212 g/mol. The summed E-state index contributed by atoms with van der Waals surface area (Å²) in [6.45, 7) is 4.28. The summed E-state index contributed by atoms with van der Waals surface area (Å²) in [5.74, 6) is 0. The number of nitrogens with one attached hydrogen (secondary N) is 2. The molecule has 3 heteroatoms. The third-order valence-corrected chi connectivity index (χ3v) is 3.06. The van der Waals surface area contributed by atoms with Gasteiger partial charge in [0.25, 0.3) is 0 Å². The van der Waals surface area contributed by atoms with Crippen LogP contribution in [0.3, 0.4) is 0 Å². The second-order valence-electron chi connectivity index (χ2n) is 4.64. The van der Waals surface area contributed by atoms with Gasteiger partial charge in [0.05, 0.1) is 0 Å². The molecular weight excluding hydrogens is 188 g/mol. The molecule has 3 nitrogen and oxygen atoms in total. The lowest BCUT2D eigenvalue weighted by Gasteiger charge is -2.27. The number of carbonyl (C=O) groups is 1. The van der Waals surface area contributed by atoms with Gasteiger partial charge in [0.1, 0.15) is 0 Å². The Hall–Kier alpha value is -0.730. The van der Waals surface area contributed by atoms with Crippen LogP contribution in [0.4, 0.5) is 4.79 Å². The van der Waals surface area contributed by atoms with Crippen LogP contribution in [0.5, 0.6) is 0 Å². The van der Waals surface area contributed by atoms with Crippen molar-refractivity contribution in [1.82, 2.24) is 10.6 Å². The summed E-state index contributed by atoms with van der Waals surface area (Å²) >= 11 is 0. The van der Waals surface area contributed by atoms with E-state index in [1.807, 2.05) is 0 Å². The van der Waals surface area contributed by atoms with Crippen molar-refractivity contribution in [1.29, 1.82) is 0 Å². The van der Waals surface area contributed by atoms with Crippen LogP contribution in [0.2, 0.25) is 0 Å². The van der Waals surface area contributed by atoms with Crippen LogP contribution in [-0.4, -0.2) is 18.1 Å². The maximum absolute atomic E-state index is 11.5. The zero-order valence-electron chi connectivity index (χ0n) is 10.0. The number of carbonyl (C=O) groups excluding carboxylic acids is 1. The molecule has 0 heterocycles. The van der Waals surface area contributed by atoms with Gasteiger partial charge < -0.3 is 10.6 Å². The van der Waals surface area contributed by atoms with Crippen LogP contribution in [0.25, 0.3) is 0 Å². The first-order valence-corrected chi connectivity index (χ1v) is 6.29. The SMILES string of the molecule is CCCCCC(C)NC(=O)NC1CCC1. The molecule has 0 saturated heterocycles. The van der Waals surface area contributed by atoms with Crippen molar-refractivity contribution in [2.45, 2.75) is 70.9 Å². The van der Waals surface area contributed by atoms with E-state index in [-0.39, 0.29) is 6.03 Å². The van der Waals surface area contributed by atoms with Gasteiger partial charge >= 0.3 is 6.03 Å². The summed E-state index contributed by atoms with van der Waals surface area (Å²) in [6.07, 6.45) is 8.36. The second-order valence-corrected chi connectivity index (χ2v) is 4.64. The molecule has 0 aromatic rings. The molecule has 2 amide bonds. The van der Waals surface area contributed by atoms with Crippen molar-refractivity contribution < 1.29 is 4.79 Å². The van der Waals surface area contributed by atoms with Crippen molar-refractivity contribution in [3.8, 4) is 0 Å². The molecule has 0 aromatic heterocycles. The van der Waals surface area contributed by atoms with Crippen molar-refractivity contribution in [3.63, 3.8) is 0 Å². The minimum atomic E-state index is 0.0173. The molecule has 1 atom stereocenters. The van der Waals surface area contributed by atoms with Gasteiger partial charge in [-0.1, -0.05) is 26.2 Å². The Morgan fingerprint density at radius 1 is 1.40 bits per heavy atom. The zero-order chi connectivity index (χ0) is 11.1. The number of unbranched alkanes of at least 4 members (excludes halogenated alkanes) is 2. The molecule has 0 aliphatic heterocycles. The highest BCUT2D eigenvalue weighted by Gasteiger charge is 2.19. The largest absolute Gasteiger partial charge is 0.336 e. The van der Waals surface area contributed by atoms with Gasteiger partial charge in [-0.3, -0.25) is 0 Å². The maximum atomic E-state index is 11.5. The number of hydrogen-bond donors (Lipinski definition) is 2. The Bertz CT molecular complexity index is 190. The molecule has 1 unspecified atom stereocenters. The molecule has 1 aliphatic carbocycles. The number of amides is 2. The zero-order valence-corrected chi connectivity index (χ0v) is 10.0. The molecule has 1 saturated carbocycles. The minimum absolute atomic E-state index is 0.0173. The lowest BCUT2D eigenvalue weighted by Crippen LogP contribution is -2.47. The fourth-order valence-corrected chi connectivity index (χ4v) is 1.78. The number of hydrogen-bond acceptors (Lipinski definition) is 1. The molecule has 1 aliphatic rings. The Kier molecular flexibility index (Phi) is 5.51. The van der Waals surface area contributed by atoms with Gasteiger partial charge in [-0.2, -0.15) is 0 Å². The fraction of sp³-hybridized carbons (Fsp3) is 0.917. The summed E-state index contributed by atoms with van der Waals surface area (Å²) < 4.78 is 0. The predicted molar refractivity (Wildman–Crippen MR) is 62.9 cm³/mol. The molecule has 88 valence electrons. The summed E-state index contributed by atoms with van der Waals surface area (Å²) in [6, 6.07) is 0.758. The highest BCUT2D eigenvalue weighted by Crippen LogP contribution is 2.17. The van der Waals surface area contributed by atoms with Gasteiger partial charge in [-0.05, 0) is 32.6 Å². The van der Waals surface area contributed by atoms with Gasteiger partial charge in [0.15, 0.2) is 0 Å². The third kappa shape index (κ3) is 5.05. The van der Waals surface area contributed by atoms with E-state index >= 15 is 0 Å². The van der Waals surface area contributed by atoms with Crippen LogP contribution in [-0.2, 0) is 0 Å². The van der Waals surface area contributed by atoms with E-state index in [1.54, 1.807) is 0 Å². The van der Waals surface area contributed by atoms with Gasteiger partial charge in [0, 0.05) is 12.1 Å². The van der Waals surface area contributed by atoms with Gasteiger partial charge in [0.2, 0.25) is 0 Å². The molecule has 0 spiro atoms. The highest BCUT2D eigenvalue weighted by molar-refractivity contribution is 5.74. The van der Waals surface area contributed by atoms with Crippen molar-refractivity contribution >= 4 is 6.03 Å². The van der Waals surface area contributed by atoms with E-state index in [4.69, 9.17) is 0 Å². The van der Waals surface area contributed by atoms with Gasteiger partial charge in [-0.15, -0.1) is 0 Å². The fourth-order valence-electron chi connectivity index (χ4n) is 1.78. The third-order valence-electron chi connectivity index (χ3n) is 3.06. The topological polar surface area (TPSA) is 41.1 Å². The normalized spacial score (nSPS) is 18.0. The first kappa shape index (κ1) is 12.3. The minimum Gasteiger partial charge on any atom is -0.336 e. The van der Waals surface area contributed by atoms with E-state index < -0.39 is 0 Å². The summed E-state index contributed by atoms with van der Waals surface area (Å²) in [5.41, 5.74) is 0. The lowest BCUT2D eigenvalue weighted by atomic mass is 9.93. The van der Waals surface area contributed by atoms with Gasteiger partial charge in [-0.25, -0.2) is 4.79 Å². The van der Waals surface area contributed by atoms with Crippen LogP contribution >= 0.6 is 0 Å². The molecule has 15 heavy (non-hydrogen) atoms. The first-order valence-electron chi connectivity index (χ1n) is 6.29. The molecule has 1 rings (SSSR count). The van der Waals surface area contributed by atoms with E-state index in [2.05, 4.69) is 24.5 Å². The van der Waals surface area contributed by atoms with E-state index in [0.29, 0.717) is 12.1 Å². The van der Waals surface area contributed by atoms with Crippen molar-refractivity contribution in [2.24, 2.45) is 0 Å². The Labute approximate surface area is 93.0 Å². The molecular formula is C12H24N2O. The lowest BCUT2D eigenvalue weighted by molar-refractivity contribution is 0.224. The van der Waals surface area contributed by atoms with E-state index in [1.165, 1.54) is 25.7 Å². The Balaban J connectivity index is 2.02. The van der Waals surface area contributed by atoms with Crippen molar-refractivity contribution in [2.75, 3.05) is 0 Å². The van der Waals surface area contributed by atoms with Crippen LogP contribution < -0.4 is 10.6 Å². The van der Waals surface area contributed by atoms with Crippen LogP contribution in [0, 0.1) is 0 Å². The highest BCUT2D eigenvalue weighted by atomic mass is 16.2. The van der Waals surface area contributed by atoms with E-state index in [0.717, 1.165) is 19.3 Å². The summed E-state index contributed by atoms with van der Waals surface area (Å²) in [5, 5.41) is 5.98. The molecule has 0 aromatic carbocycles. The summed E-state index contributed by atoms with van der Waals surface area (Å²) in [7, 11) is 0.